The van der Waals surface area contributed by atoms with Crippen molar-refractivity contribution in [3.63, 3.8) is 0 Å². The number of aryl methyl sites for hydroxylation is 1. The zero-order valence-electron chi connectivity index (χ0n) is 13.5. The van der Waals surface area contributed by atoms with E-state index in [0.29, 0.717) is 34.3 Å². The van der Waals surface area contributed by atoms with Crippen molar-refractivity contribution in [3.05, 3.63) is 46.0 Å². The van der Waals surface area contributed by atoms with Gasteiger partial charge in [-0.1, -0.05) is 11.6 Å². The Morgan fingerprint density at radius 3 is 2.84 bits per heavy atom. The molecule has 3 rings (SSSR count). The van der Waals surface area contributed by atoms with Gasteiger partial charge in [0.05, 0.1) is 10.7 Å². The smallest absolute Gasteiger partial charge is 0.292 e. The minimum Gasteiger partial charge on any atom is -0.455 e. The van der Waals surface area contributed by atoms with E-state index < -0.39 is 0 Å². The number of rotatable bonds is 3. The average Bonchev–Trinajstić information content (AvgIpc) is 2.93. The third-order valence-corrected chi connectivity index (χ3v) is 4.01. The monoisotopic (exact) mass is 360 g/mol. The van der Waals surface area contributed by atoms with Crippen LogP contribution in [0.15, 0.2) is 32.9 Å². The fraction of sp³-hybridized carbons (Fsp3) is 0.250. The highest BCUT2D eigenvalue weighted by molar-refractivity contribution is 6.30. The molecule has 1 aliphatic rings. The van der Waals surface area contributed by atoms with Crippen LogP contribution in [0, 0.1) is 6.92 Å². The lowest BCUT2D eigenvalue weighted by Crippen LogP contribution is -2.22. The predicted octanol–water partition coefficient (Wildman–Crippen LogP) is 2.20. The number of hydrogen-bond acceptors (Lipinski definition) is 5. The van der Waals surface area contributed by atoms with Crippen molar-refractivity contribution in [2.24, 2.45) is 21.7 Å². The highest BCUT2D eigenvalue weighted by atomic mass is 35.5. The Kier molecular flexibility index (Phi) is 4.71. The molecule has 1 aliphatic carbocycles. The van der Waals surface area contributed by atoms with Crippen LogP contribution in [0.25, 0.3) is 0 Å². The number of fused-ring (bicyclic) bond motifs is 1. The number of aromatic nitrogens is 1. The number of hydrogen-bond donors (Lipinski definition) is 3. The van der Waals surface area contributed by atoms with E-state index in [-0.39, 0.29) is 17.6 Å². The summed E-state index contributed by atoms with van der Waals surface area (Å²) < 4.78 is 5.77. The van der Waals surface area contributed by atoms with E-state index in [1.165, 1.54) is 6.20 Å². The van der Waals surface area contributed by atoms with Crippen molar-refractivity contribution >= 4 is 35.0 Å². The molecule has 0 bridgehead atoms. The van der Waals surface area contributed by atoms with Gasteiger partial charge in [-0.3, -0.25) is 4.79 Å². The molecule has 0 spiro atoms. The minimum atomic E-state index is -0.386. The van der Waals surface area contributed by atoms with Crippen LogP contribution in [0.1, 0.15) is 40.3 Å². The molecule has 1 amide bonds. The van der Waals surface area contributed by atoms with E-state index in [0.717, 1.165) is 18.4 Å². The minimum absolute atomic E-state index is 0.118. The fourth-order valence-corrected chi connectivity index (χ4v) is 2.84. The first-order valence-corrected chi connectivity index (χ1v) is 8.04. The summed E-state index contributed by atoms with van der Waals surface area (Å²) in [6.45, 7) is 1.81. The number of guanidine groups is 1. The summed E-state index contributed by atoms with van der Waals surface area (Å²) in [5.41, 5.74) is 12.9. The largest absolute Gasteiger partial charge is 0.455 e. The van der Waals surface area contributed by atoms with Crippen LogP contribution < -0.4 is 16.8 Å². The molecule has 2 aromatic heterocycles. The molecule has 0 saturated carbocycles. The average molecular weight is 361 g/mol. The molecule has 2 heterocycles. The lowest BCUT2D eigenvalue weighted by Gasteiger charge is -2.11. The van der Waals surface area contributed by atoms with Gasteiger partial charge in [0.25, 0.3) is 5.91 Å². The number of anilines is 1. The summed E-state index contributed by atoms with van der Waals surface area (Å²) in [6, 6.07) is 3.26. The second-order valence-electron chi connectivity index (χ2n) is 5.60. The summed E-state index contributed by atoms with van der Waals surface area (Å²) in [7, 11) is 0. The van der Waals surface area contributed by atoms with Crippen LogP contribution in [0.3, 0.4) is 0 Å². The normalized spacial score (nSPS) is 14.9. The Bertz CT molecular complexity index is 865. The summed E-state index contributed by atoms with van der Waals surface area (Å²) in [6.07, 6.45) is 3.74. The van der Waals surface area contributed by atoms with Crippen LogP contribution in [0.2, 0.25) is 5.02 Å². The van der Waals surface area contributed by atoms with Crippen LogP contribution in [0.5, 0.6) is 0 Å². The number of nitrogens with two attached hydrogens (primary N) is 2. The Morgan fingerprint density at radius 1 is 1.36 bits per heavy atom. The topological polar surface area (TPSA) is 132 Å². The molecule has 0 fully saturated rings. The van der Waals surface area contributed by atoms with E-state index >= 15 is 0 Å². The van der Waals surface area contributed by atoms with Crippen LogP contribution in [-0.2, 0) is 6.42 Å². The Labute approximate surface area is 149 Å². The summed E-state index contributed by atoms with van der Waals surface area (Å²) >= 11 is 5.79. The molecule has 0 radical (unpaired) electrons. The Hall–Kier alpha value is -2.87. The van der Waals surface area contributed by atoms with Gasteiger partial charge in [-0.15, -0.1) is 5.10 Å². The Morgan fingerprint density at radius 2 is 2.16 bits per heavy atom. The first-order valence-electron chi connectivity index (χ1n) is 7.66. The lowest BCUT2D eigenvalue weighted by atomic mass is 9.93. The first kappa shape index (κ1) is 17.0. The highest BCUT2D eigenvalue weighted by Crippen LogP contribution is 2.30. The predicted molar refractivity (Wildman–Crippen MR) is 95.9 cm³/mol. The zero-order valence-corrected chi connectivity index (χ0v) is 14.3. The van der Waals surface area contributed by atoms with Gasteiger partial charge < -0.3 is 21.2 Å². The molecular weight excluding hydrogens is 344 g/mol. The third kappa shape index (κ3) is 3.63. The number of nitrogens with one attached hydrogen (secondary N) is 1. The molecule has 9 heteroatoms. The van der Waals surface area contributed by atoms with E-state index in [1.54, 1.807) is 12.1 Å². The van der Waals surface area contributed by atoms with Gasteiger partial charge >= 0.3 is 0 Å². The standard InChI is InChI=1S/C16H17ClN6O2/c1-8-13-10(22-23-16(18)19)3-2-4-11(13)25-14(8)15(24)21-12-6-5-9(17)7-20-12/h5-7H,2-4H2,1H3,(H4,18,19,23)(H,20,21,24)/b22-10+. The van der Waals surface area contributed by atoms with Gasteiger partial charge in [-0.05, 0) is 31.9 Å². The summed E-state index contributed by atoms with van der Waals surface area (Å²) in [5, 5.41) is 11.0. The summed E-state index contributed by atoms with van der Waals surface area (Å²) in [4.78, 5) is 16.6. The number of furan rings is 1. The Balaban J connectivity index is 1.91. The van der Waals surface area contributed by atoms with Crippen LogP contribution >= 0.6 is 11.6 Å². The maximum absolute atomic E-state index is 12.5. The second-order valence-corrected chi connectivity index (χ2v) is 6.03. The van der Waals surface area contributed by atoms with Gasteiger partial charge in [0, 0.05) is 23.7 Å². The molecule has 25 heavy (non-hydrogen) atoms. The second kappa shape index (κ2) is 6.94. The van der Waals surface area contributed by atoms with Crippen molar-refractivity contribution in [3.8, 4) is 0 Å². The lowest BCUT2D eigenvalue weighted by molar-refractivity contribution is 0.0993. The molecule has 2 aromatic rings. The third-order valence-electron chi connectivity index (χ3n) is 3.79. The van der Waals surface area contributed by atoms with Gasteiger partial charge in [0.15, 0.2) is 5.76 Å². The number of carbonyl (C=O) groups excluding carboxylic acids is 1. The van der Waals surface area contributed by atoms with Gasteiger partial charge in [0.2, 0.25) is 5.96 Å². The van der Waals surface area contributed by atoms with Crippen molar-refractivity contribution in [2.75, 3.05) is 5.32 Å². The molecule has 8 nitrogen and oxygen atoms in total. The van der Waals surface area contributed by atoms with Crippen LogP contribution in [0.4, 0.5) is 5.82 Å². The van der Waals surface area contributed by atoms with Crippen molar-refractivity contribution in [1.29, 1.82) is 0 Å². The maximum Gasteiger partial charge on any atom is 0.292 e. The molecule has 0 saturated heterocycles. The first-order chi connectivity index (χ1) is 12.0. The SMILES string of the molecule is Cc1c(C(=O)Nc2ccc(Cl)cn2)oc2c1/C(=N/N=C(N)N)CCC2. The van der Waals surface area contributed by atoms with Crippen LogP contribution in [-0.4, -0.2) is 22.6 Å². The molecule has 0 atom stereocenters. The van der Waals surface area contributed by atoms with Crippen molar-refractivity contribution < 1.29 is 9.21 Å². The van der Waals surface area contributed by atoms with Gasteiger partial charge in [0.1, 0.15) is 11.6 Å². The van der Waals surface area contributed by atoms with Crippen molar-refractivity contribution in [2.45, 2.75) is 26.2 Å². The number of amides is 1. The number of halogens is 1. The summed E-state index contributed by atoms with van der Waals surface area (Å²) in [5.74, 6) is 0.816. The van der Waals surface area contributed by atoms with Gasteiger partial charge in [-0.25, -0.2) is 4.98 Å². The fourth-order valence-electron chi connectivity index (χ4n) is 2.73. The van der Waals surface area contributed by atoms with E-state index in [9.17, 15) is 4.79 Å². The molecule has 0 aliphatic heterocycles. The van der Waals surface area contributed by atoms with Crippen molar-refractivity contribution in [1.82, 2.24) is 4.98 Å². The molecule has 0 aromatic carbocycles. The zero-order chi connectivity index (χ0) is 18.0. The van der Waals surface area contributed by atoms with E-state index in [4.69, 9.17) is 27.5 Å². The molecule has 130 valence electrons. The number of pyridine rings is 1. The van der Waals surface area contributed by atoms with E-state index in [2.05, 4.69) is 20.5 Å². The van der Waals surface area contributed by atoms with Gasteiger partial charge in [-0.2, -0.15) is 5.10 Å². The molecule has 0 unspecified atom stereocenters. The number of carbonyl (C=O) groups is 1. The quantitative estimate of drug-likeness (QED) is 0.438. The van der Waals surface area contributed by atoms with E-state index in [1.807, 2.05) is 6.92 Å². The maximum atomic E-state index is 12.5. The highest BCUT2D eigenvalue weighted by Gasteiger charge is 2.28. The number of nitrogens with zero attached hydrogens (tertiary/aromatic N) is 3. The molecule has 5 N–H and O–H groups in total. The molecular formula is C16H17ClN6O2.